The van der Waals surface area contributed by atoms with Gasteiger partial charge < -0.3 is 10.4 Å². The highest BCUT2D eigenvalue weighted by Crippen LogP contribution is 2.33. The molecule has 2 aromatic carbocycles. The van der Waals surface area contributed by atoms with Gasteiger partial charge in [-0.05, 0) is 42.8 Å². The molecule has 0 bridgehead atoms. The zero-order valence-electron chi connectivity index (χ0n) is 10.8. The molecule has 1 atom stereocenters. The first kappa shape index (κ1) is 15.1. The van der Waals surface area contributed by atoms with E-state index in [1.54, 1.807) is 37.3 Å². The van der Waals surface area contributed by atoms with Crippen LogP contribution in [0, 0.1) is 5.82 Å². The highest BCUT2D eigenvalue weighted by molar-refractivity contribution is 6.35. The molecule has 0 aliphatic carbocycles. The largest absolute Gasteiger partial charge is 0.394 e. The van der Waals surface area contributed by atoms with E-state index in [-0.39, 0.29) is 12.4 Å². The first-order chi connectivity index (χ1) is 9.44. The first-order valence-corrected chi connectivity index (χ1v) is 6.80. The van der Waals surface area contributed by atoms with Gasteiger partial charge in [0.1, 0.15) is 5.82 Å². The molecular formula is C15H14Cl2FNO. The Labute approximate surface area is 127 Å². The second kappa shape index (κ2) is 6.00. The van der Waals surface area contributed by atoms with Gasteiger partial charge in [-0.2, -0.15) is 0 Å². The number of rotatable bonds is 4. The molecule has 0 radical (unpaired) electrons. The summed E-state index contributed by atoms with van der Waals surface area (Å²) in [5.41, 5.74) is 0.415. The normalized spacial score (nSPS) is 13.8. The van der Waals surface area contributed by atoms with Crippen LogP contribution >= 0.6 is 23.2 Å². The minimum Gasteiger partial charge on any atom is -0.394 e. The second-order valence-electron chi connectivity index (χ2n) is 4.75. The minimum absolute atomic E-state index is 0.204. The highest BCUT2D eigenvalue weighted by Gasteiger charge is 2.28. The molecule has 0 spiro atoms. The SMILES string of the molecule is CC(CO)(Nc1cccc(F)c1)c1ccc(Cl)cc1Cl. The van der Waals surface area contributed by atoms with E-state index in [9.17, 15) is 9.50 Å². The van der Waals surface area contributed by atoms with Gasteiger partial charge in [-0.1, -0.05) is 35.3 Å². The predicted molar refractivity (Wildman–Crippen MR) is 80.9 cm³/mol. The van der Waals surface area contributed by atoms with Crippen LogP contribution < -0.4 is 5.32 Å². The van der Waals surface area contributed by atoms with Crippen LogP contribution in [0.25, 0.3) is 0 Å². The lowest BCUT2D eigenvalue weighted by atomic mass is 9.92. The number of hydrogen-bond donors (Lipinski definition) is 2. The van der Waals surface area contributed by atoms with Crippen LogP contribution in [-0.2, 0) is 5.54 Å². The molecule has 2 aromatic rings. The maximum Gasteiger partial charge on any atom is 0.125 e. The van der Waals surface area contributed by atoms with Crippen LogP contribution in [0.4, 0.5) is 10.1 Å². The lowest BCUT2D eigenvalue weighted by Crippen LogP contribution is -2.36. The molecule has 2 rings (SSSR count). The molecule has 0 aliphatic rings. The molecule has 1 unspecified atom stereocenters. The molecule has 2 N–H and O–H groups in total. The van der Waals surface area contributed by atoms with Gasteiger partial charge in [-0.3, -0.25) is 0 Å². The van der Waals surface area contributed by atoms with Crippen LogP contribution in [0.2, 0.25) is 10.0 Å². The zero-order valence-corrected chi connectivity index (χ0v) is 12.3. The summed E-state index contributed by atoms with van der Waals surface area (Å²) in [6.07, 6.45) is 0. The fourth-order valence-electron chi connectivity index (χ4n) is 2.01. The Morgan fingerprint density at radius 1 is 1.20 bits per heavy atom. The highest BCUT2D eigenvalue weighted by atomic mass is 35.5. The third kappa shape index (κ3) is 3.23. The third-order valence-electron chi connectivity index (χ3n) is 3.09. The van der Waals surface area contributed by atoms with Crippen molar-refractivity contribution < 1.29 is 9.50 Å². The molecule has 20 heavy (non-hydrogen) atoms. The Morgan fingerprint density at radius 2 is 1.95 bits per heavy atom. The Balaban J connectivity index is 2.38. The van der Waals surface area contributed by atoms with Crippen molar-refractivity contribution in [2.75, 3.05) is 11.9 Å². The maximum atomic E-state index is 13.2. The summed E-state index contributed by atoms with van der Waals surface area (Å²) in [5.74, 6) is -0.350. The van der Waals surface area contributed by atoms with Gasteiger partial charge in [0.05, 0.1) is 12.1 Å². The van der Waals surface area contributed by atoms with Crippen LogP contribution in [0.5, 0.6) is 0 Å². The molecule has 106 valence electrons. The fourth-order valence-corrected chi connectivity index (χ4v) is 2.63. The number of aliphatic hydroxyl groups excluding tert-OH is 1. The first-order valence-electron chi connectivity index (χ1n) is 6.05. The Bertz CT molecular complexity index is 621. The summed E-state index contributed by atoms with van der Waals surface area (Å²) in [4.78, 5) is 0. The van der Waals surface area contributed by atoms with E-state index in [2.05, 4.69) is 5.32 Å². The van der Waals surface area contributed by atoms with E-state index in [4.69, 9.17) is 23.2 Å². The number of aliphatic hydroxyl groups is 1. The molecule has 5 heteroatoms. The second-order valence-corrected chi connectivity index (χ2v) is 5.59. The van der Waals surface area contributed by atoms with Gasteiger partial charge in [-0.25, -0.2) is 4.39 Å². The van der Waals surface area contributed by atoms with E-state index >= 15 is 0 Å². The predicted octanol–water partition coefficient (Wildman–Crippen LogP) is 4.45. The van der Waals surface area contributed by atoms with Crippen molar-refractivity contribution in [2.24, 2.45) is 0 Å². The van der Waals surface area contributed by atoms with Crippen LogP contribution in [0.3, 0.4) is 0 Å². The average molecular weight is 314 g/mol. The lowest BCUT2D eigenvalue weighted by molar-refractivity contribution is 0.224. The number of halogens is 3. The summed E-state index contributed by atoms with van der Waals surface area (Å²) < 4.78 is 13.2. The molecule has 0 aliphatic heterocycles. The van der Waals surface area contributed by atoms with Gasteiger partial charge in [-0.15, -0.1) is 0 Å². The van der Waals surface area contributed by atoms with Gasteiger partial charge >= 0.3 is 0 Å². The minimum atomic E-state index is -0.838. The fraction of sp³-hybridized carbons (Fsp3) is 0.200. The van der Waals surface area contributed by atoms with Crippen LogP contribution in [-0.4, -0.2) is 11.7 Å². The van der Waals surface area contributed by atoms with Crippen LogP contribution in [0.15, 0.2) is 42.5 Å². The lowest BCUT2D eigenvalue weighted by Gasteiger charge is -2.31. The quantitative estimate of drug-likeness (QED) is 0.874. The number of anilines is 1. The summed E-state index contributed by atoms with van der Waals surface area (Å²) in [5, 5.41) is 13.8. The molecule has 0 amide bonds. The third-order valence-corrected chi connectivity index (χ3v) is 3.63. The average Bonchev–Trinajstić information content (AvgIpc) is 2.38. The summed E-state index contributed by atoms with van der Waals surface area (Å²) in [6, 6.07) is 11.1. The molecular weight excluding hydrogens is 300 g/mol. The van der Waals surface area contributed by atoms with Crippen molar-refractivity contribution >= 4 is 28.9 Å². The van der Waals surface area contributed by atoms with E-state index in [1.165, 1.54) is 12.1 Å². The van der Waals surface area contributed by atoms with Crippen molar-refractivity contribution in [1.82, 2.24) is 0 Å². The topological polar surface area (TPSA) is 32.3 Å². The Morgan fingerprint density at radius 3 is 2.55 bits per heavy atom. The van der Waals surface area contributed by atoms with E-state index in [1.807, 2.05) is 0 Å². The van der Waals surface area contributed by atoms with E-state index in [0.29, 0.717) is 21.3 Å². The van der Waals surface area contributed by atoms with Crippen molar-refractivity contribution in [3.05, 3.63) is 63.9 Å². The molecule has 2 nitrogen and oxygen atoms in total. The van der Waals surface area contributed by atoms with Gasteiger partial charge in [0.15, 0.2) is 0 Å². The molecule has 0 heterocycles. The van der Waals surface area contributed by atoms with Crippen LogP contribution in [0.1, 0.15) is 12.5 Å². The van der Waals surface area contributed by atoms with Crippen molar-refractivity contribution in [1.29, 1.82) is 0 Å². The number of nitrogens with one attached hydrogen (secondary N) is 1. The van der Waals surface area contributed by atoms with Gasteiger partial charge in [0.2, 0.25) is 0 Å². The maximum absolute atomic E-state index is 13.2. The van der Waals surface area contributed by atoms with E-state index < -0.39 is 5.54 Å². The van der Waals surface area contributed by atoms with Crippen molar-refractivity contribution in [3.8, 4) is 0 Å². The molecule has 0 saturated carbocycles. The summed E-state index contributed by atoms with van der Waals surface area (Å²) in [7, 11) is 0. The summed E-state index contributed by atoms with van der Waals surface area (Å²) >= 11 is 12.1. The number of benzene rings is 2. The Hall–Kier alpha value is -1.29. The standard InChI is InChI=1S/C15H14Cl2FNO/c1-15(9-20,13-6-5-10(16)7-14(13)17)19-12-4-2-3-11(18)8-12/h2-8,19-20H,9H2,1H3. The van der Waals surface area contributed by atoms with Crippen molar-refractivity contribution in [2.45, 2.75) is 12.5 Å². The molecule has 0 aromatic heterocycles. The summed E-state index contributed by atoms with van der Waals surface area (Å²) in [6.45, 7) is 1.58. The monoisotopic (exact) mass is 313 g/mol. The number of hydrogen-bond acceptors (Lipinski definition) is 2. The smallest absolute Gasteiger partial charge is 0.125 e. The zero-order chi connectivity index (χ0) is 14.8. The molecule has 0 fully saturated rings. The molecule has 0 saturated heterocycles. The Kier molecular flexibility index (Phi) is 4.53. The van der Waals surface area contributed by atoms with Gasteiger partial charge in [0, 0.05) is 15.7 Å². The van der Waals surface area contributed by atoms with E-state index in [0.717, 1.165) is 0 Å². The van der Waals surface area contributed by atoms with Gasteiger partial charge in [0.25, 0.3) is 0 Å². The van der Waals surface area contributed by atoms with Crippen molar-refractivity contribution in [3.63, 3.8) is 0 Å².